The highest BCUT2D eigenvalue weighted by molar-refractivity contribution is 6.78. The van der Waals surface area contributed by atoms with Crippen molar-refractivity contribution in [1.29, 1.82) is 5.26 Å². The third-order valence-electron chi connectivity index (χ3n) is 10.5. The lowest BCUT2D eigenvalue weighted by atomic mass is 9.95. The second kappa shape index (κ2) is 15.6. The van der Waals surface area contributed by atoms with E-state index in [4.69, 9.17) is 13.6 Å². The van der Waals surface area contributed by atoms with Gasteiger partial charge in [0.25, 0.3) is 5.56 Å². The molecule has 3 heterocycles. The van der Waals surface area contributed by atoms with Gasteiger partial charge >= 0.3 is 7.41 Å². The Labute approximate surface area is 286 Å². The minimum absolute atomic E-state index is 0.0642. The summed E-state index contributed by atoms with van der Waals surface area (Å²) in [4.78, 5) is 36.7. The standard InChI is InChI=1S/C33H60BN6O5Si2/c1-19(2)31(41)37-33-36-30-29(32(42)38-33)40(34-17-35)18-39(30)28-15-26(45-47(23(9)10,24(11)12)25(13)14)27(44-28)16-43-46(20(3)4,21(5)6)22(7)8/h19-28H,15-16,18H2,1-14H3,(H2,36,37,38,41,42)/t26-,27+,28+/m0/s1. The van der Waals surface area contributed by atoms with Gasteiger partial charge in [-0.1, -0.05) is 96.9 Å². The van der Waals surface area contributed by atoms with Crippen LogP contribution in [0.5, 0.6) is 0 Å². The van der Waals surface area contributed by atoms with E-state index in [1.54, 1.807) is 18.7 Å². The van der Waals surface area contributed by atoms with Crippen LogP contribution >= 0.6 is 0 Å². The summed E-state index contributed by atoms with van der Waals surface area (Å²) in [5.41, 5.74) is 2.23. The summed E-state index contributed by atoms with van der Waals surface area (Å²) in [5, 5.41) is 12.3. The molecule has 2 aliphatic rings. The first-order valence-corrected chi connectivity index (χ1v) is 21.8. The lowest BCUT2D eigenvalue weighted by Gasteiger charge is -2.45. The van der Waals surface area contributed by atoms with E-state index in [0.717, 1.165) is 0 Å². The van der Waals surface area contributed by atoms with E-state index >= 15 is 0 Å². The van der Waals surface area contributed by atoms with Gasteiger partial charge in [0.2, 0.25) is 20.2 Å². The fraction of sp³-hybridized carbons (Fsp3) is 0.818. The maximum absolute atomic E-state index is 13.4. The van der Waals surface area contributed by atoms with Crippen molar-refractivity contribution in [3.8, 4) is 5.97 Å². The van der Waals surface area contributed by atoms with E-state index in [-0.39, 0.29) is 42.3 Å². The number of aromatic nitrogens is 2. The number of hydrogen-bond acceptors (Lipinski definition) is 9. The fourth-order valence-corrected chi connectivity index (χ4v) is 19.5. The number of nitrogens with zero attached hydrogens (tertiary/aromatic N) is 4. The van der Waals surface area contributed by atoms with Gasteiger partial charge < -0.3 is 23.3 Å². The van der Waals surface area contributed by atoms with Gasteiger partial charge in [-0.05, 0) is 33.2 Å². The zero-order valence-electron chi connectivity index (χ0n) is 31.3. The Morgan fingerprint density at radius 2 is 1.51 bits per heavy atom. The highest BCUT2D eigenvalue weighted by Crippen LogP contribution is 2.47. The molecule has 0 spiro atoms. The third kappa shape index (κ3) is 7.69. The van der Waals surface area contributed by atoms with Crippen molar-refractivity contribution in [3.63, 3.8) is 0 Å². The Morgan fingerprint density at radius 1 is 0.979 bits per heavy atom. The van der Waals surface area contributed by atoms with Crippen LogP contribution < -0.4 is 20.6 Å². The monoisotopic (exact) mass is 687 g/mol. The average Bonchev–Trinajstić information content (AvgIpc) is 3.52. The number of amides is 1. The molecule has 1 amide bonds. The van der Waals surface area contributed by atoms with Crippen LogP contribution in [-0.4, -0.2) is 71.6 Å². The van der Waals surface area contributed by atoms with Crippen molar-refractivity contribution in [2.75, 3.05) is 28.3 Å². The molecule has 14 heteroatoms. The van der Waals surface area contributed by atoms with Gasteiger partial charge in [-0.3, -0.25) is 19.9 Å². The topological polar surface area (TPSA) is 133 Å². The molecule has 1 radical (unpaired) electrons. The van der Waals surface area contributed by atoms with Gasteiger partial charge in [-0.25, -0.2) is 5.26 Å². The van der Waals surface area contributed by atoms with Crippen LogP contribution in [0.2, 0.25) is 33.2 Å². The number of hydrogen-bond donors (Lipinski definition) is 2. The molecular formula is C33H60BN6O5Si2. The Balaban J connectivity index is 2.08. The van der Waals surface area contributed by atoms with E-state index in [1.807, 2.05) is 4.90 Å². The molecule has 263 valence electrons. The molecule has 3 rings (SSSR count). The molecule has 3 atom stereocenters. The molecule has 0 aliphatic carbocycles. The maximum Gasteiger partial charge on any atom is 0.388 e. The number of anilines is 3. The van der Waals surface area contributed by atoms with Crippen LogP contribution in [0.25, 0.3) is 0 Å². The Kier molecular flexibility index (Phi) is 13.0. The Morgan fingerprint density at radius 3 is 1.98 bits per heavy atom. The highest BCUT2D eigenvalue weighted by Gasteiger charge is 2.53. The first kappa shape index (κ1) is 39.3. The normalized spacial score (nSPS) is 20.5. The minimum Gasteiger partial charge on any atom is -0.413 e. The highest BCUT2D eigenvalue weighted by atomic mass is 28.4. The molecule has 47 heavy (non-hydrogen) atoms. The molecule has 1 fully saturated rings. The number of fused-ring (bicyclic) bond motifs is 1. The quantitative estimate of drug-likeness (QED) is 0.189. The summed E-state index contributed by atoms with van der Waals surface area (Å²) in [6, 6.07) is 0. The smallest absolute Gasteiger partial charge is 0.388 e. The van der Waals surface area contributed by atoms with Gasteiger partial charge in [0, 0.05) is 18.3 Å². The second-order valence-electron chi connectivity index (χ2n) is 15.5. The lowest BCUT2D eigenvalue weighted by Crippen LogP contribution is -2.53. The van der Waals surface area contributed by atoms with Crippen molar-refractivity contribution in [1.82, 2.24) is 9.97 Å². The van der Waals surface area contributed by atoms with Gasteiger partial charge in [0.1, 0.15) is 18.0 Å². The van der Waals surface area contributed by atoms with Crippen molar-refractivity contribution < 1.29 is 18.4 Å². The zero-order valence-corrected chi connectivity index (χ0v) is 33.3. The molecule has 0 bridgehead atoms. The molecule has 0 unspecified atom stereocenters. The Hall–Kier alpha value is -2.18. The van der Waals surface area contributed by atoms with Crippen molar-refractivity contribution in [3.05, 3.63) is 10.4 Å². The molecule has 0 saturated carbocycles. The number of carbonyl (C=O) groups is 1. The Bertz CT molecular complexity index is 1290. The molecule has 11 nitrogen and oxygen atoms in total. The summed E-state index contributed by atoms with van der Waals surface area (Å²) in [6.45, 7) is 31.6. The third-order valence-corrected chi connectivity index (χ3v) is 22.7. The van der Waals surface area contributed by atoms with Crippen molar-refractivity contribution in [2.45, 2.75) is 155 Å². The van der Waals surface area contributed by atoms with Crippen LogP contribution in [0, 0.1) is 17.1 Å². The van der Waals surface area contributed by atoms with Gasteiger partial charge in [-0.15, -0.1) is 0 Å². The summed E-state index contributed by atoms with van der Waals surface area (Å²) in [7, 11) is -3.20. The summed E-state index contributed by atoms with van der Waals surface area (Å²) in [5.74, 6) is 1.93. The number of nitriles is 1. The predicted molar refractivity (Wildman–Crippen MR) is 196 cm³/mol. The summed E-state index contributed by atoms with van der Waals surface area (Å²) in [6.07, 6.45) is -0.488. The zero-order chi connectivity index (χ0) is 35.6. The number of carbonyl (C=O) groups excluding carboxylic acids is 1. The molecular weight excluding hydrogens is 627 g/mol. The number of H-pyrrole nitrogens is 1. The minimum atomic E-state index is -2.31. The number of rotatable bonds is 15. The molecule has 1 aromatic heterocycles. The first-order valence-electron chi connectivity index (χ1n) is 17.5. The van der Waals surface area contributed by atoms with Crippen molar-refractivity contribution >= 4 is 47.4 Å². The molecule has 1 aromatic rings. The second-order valence-corrected chi connectivity index (χ2v) is 26.4. The van der Waals surface area contributed by atoms with Gasteiger partial charge in [-0.2, -0.15) is 4.98 Å². The SMILES string of the molecule is CC(C)C(=O)Nc1nc2c(c(=O)[nH]1)N([B]C#N)CN2[C@H]1C[C@H](O[Si](C(C)C)(C(C)C)C(C)C)[C@@H](CO[Si](C(C)C)(C(C)C)C(C)C)O1. The largest absolute Gasteiger partial charge is 0.413 e. The number of aromatic amines is 1. The van der Waals surface area contributed by atoms with E-state index < -0.39 is 28.4 Å². The van der Waals surface area contributed by atoms with Crippen LogP contribution in [-0.2, 0) is 18.4 Å². The molecule has 1 saturated heterocycles. The molecule has 2 N–H and O–H groups in total. The van der Waals surface area contributed by atoms with Crippen LogP contribution in [0.15, 0.2) is 4.79 Å². The summed E-state index contributed by atoms with van der Waals surface area (Å²) < 4.78 is 21.5. The lowest BCUT2D eigenvalue weighted by molar-refractivity contribution is -0.118. The van der Waals surface area contributed by atoms with E-state index in [1.165, 1.54) is 7.41 Å². The maximum atomic E-state index is 13.4. The van der Waals surface area contributed by atoms with E-state index in [0.29, 0.717) is 52.1 Å². The average molecular weight is 688 g/mol. The first-order chi connectivity index (χ1) is 21.8. The van der Waals surface area contributed by atoms with Gasteiger partial charge in [0.05, 0.1) is 19.4 Å². The molecule has 0 aromatic carbocycles. The van der Waals surface area contributed by atoms with E-state index in [9.17, 15) is 14.9 Å². The van der Waals surface area contributed by atoms with Crippen LogP contribution in [0.4, 0.5) is 17.5 Å². The summed E-state index contributed by atoms with van der Waals surface area (Å²) >= 11 is 0. The van der Waals surface area contributed by atoms with Gasteiger partial charge in [0.15, 0.2) is 14.1 Å². The van der Waals surface area contributed by atoms with E-state index in [2.05, 4.69) is 104 Å². The van der Waals surface area contributed by atoms with Crippen LogP contribution in [0.3, 0.4) is 0 Å². The number of ether oxygens (including phenoxy) is 1. The molecule has 2 aliphatic heterocycles. The van der Waals surface area contributed by atoms with Crippen LogP contribution in [0.1, 0.15) is 103 Å². The van der Waals surface area contributed by atoms with Crippen molar-refractivity contribution in [2.24, 2.45) is 5.92 Å². The fourth-order valence-electron chi connectivity index (χ4n) is 8.50. The number of nitrogens with one attached hydrogen (secondary N) is 2. The predicted octanol–water partition coefficient (Wildman–Crippen LogP) is 6.92.